The van der Waals surface area contributed by atoms with Crippen molar-refractivity contribution in [2.75, 3.05) is 18.8 Å². The zero-order chi connectivity index (χ0) is 18.7. The van der Waals surface area contributed by atoms with Gasteiger partial charge in [0.15, 0.2) is 0 Å². The number of nitrogens with one attached hydrogen (secondary N) is 2. The van der Waals surface area contributed by atoms with Crippen LogP contribution in [0.25, 0.3) is 0 Å². The first kappa shape index (κ1) is 18.3. The second-order valence-corrected chi connectivity index (χ2v) is 8.70. The van der Waals surface area contributed by atoms with Gasteiger partial charge in [0.1, 0.15) is 5.01 Å². The highest BCUT2D eigenvalue weighted by Gasteiger charge is 2.39. The first-order valence-corrected chi connectivity index (χ1v) is 10.5. The van der Waals surface area contributed by atoms with Crippen molar-refractivity contribution in [2.45, 2.75) is 50.5 Å². The molecule has 8 heteroatoms. The summed E-state index contributed by atoms with van der Waals surface area (Å²) in [6.07, 6.45) is 10.7. The average Bonchev–Trinajstić information content (AvgIpc) is 3.35. The Bertz CT molecular complexity index is 795. The fourth-order valence-electron chi connectivity index (χ4n) is 4.21. The Balaban J connectivity index is 1.52. The molecule has 0 spiro atoms. The predicted octanol–water partition coefficient (Wildman–Crippen LogP) is 2.26. The number of nitrogens with zero attached hydrogens (tertiary/aromatic N) is 3. The number of anilines is 1. The number of hydrogen-bond donors (Lipinski definition) is 3. The summed E-state index contributed by atoms with van der Waals surface area (Å²) in [5.41, 5.74) is 7.07. The highest BCUT2D eigenvalue weighted by molar-refractivity contribution is 7.15. The molecule has 1 atom stereocenters. The molecule has 1 aliphatic heterocycles. The quantitative estimate of drug-likeness (QED) is 0.728. The molecule has 144 valence electrons. The van der Waals surface area contributed by atoms with Gasteiger partial charge in [-0.15, -0.1) is 10.2 Å². The first-order chi connectivity index (χ1) is 13.1. The van der Waals surface area contributed by atoms with Crippen LogP contribution in [0.1, 0.15) is 59.5 Å². The number of amides is 1. The molecule has 1 saturated carbocycles. The number of nitrogens with two attached hydrogens (primary N) is 1. The Morgan fingerprint density at radius 1 is 1.30 bits per heavy atom. The molecule has 2 aliphatic rings. The van der Waals surface area contributed by atoms with Crippen LogP contribution in [0.15, 0.2) is 18.5 Å². The van der Waals surface area contributed by atoms with Gasteiger partial charge in [-0.1, -0.05) is 30.6 Å². The number of pyridine rings is 1. The summed E-state index contributed by atoms with van der Waals surface area (Å²) in [5.74, 6) is 0.531. The summed E-state index contributed by atoms with van der Waals surface area (Å²) < 4.78 is 0. The third-order valence-electron chi connectivity index (χ3n) is 5.65. The van der Waals surface area contributed by atoms with Crippen LogP contribution in [0.4, 0.5) is 5.13 Å². The van der Waals surface area contributed by atoms with E-state index in [4.69, 9.17) is 5.73 Å². The Labute approximate surface area is 163 Å². The fraction of sp³-hybridized carbons (Fsp3) is 0.579. The van der Waals surface area contributed by atoms with Gasteiger partial charge >= 0.3 is 0 Å². The number of aromatic nitrogens is 3. The Kier molecular flexibility index (Phi) is 5.36. The zero-order valence-corrected chi connectivity index (χ0v) is 16.2. The van der Waals surface area contributed by atoms with E-state index in [0.29, 0.717) is 16.6 Å². The van der Waals surface area contributed by atoms with Gasteiger partial charge in [0.2, 0.25) is 5.13 Å². The zero-order valence-electron chi connectivity index (χ0n) is 15.4. The molecular formula is C19H26N6OS. The molecule has 0 bridgehead atoms. The molecule has 2 aromatic rings. The number of rotatable bonds is 5. The van der Waals surface area contributed by atoms with Crippen molar-refractivity contribution >= 4 is 22.4 Å². The molecule has 1 aliphatic carbocycles. The molecule has 27 heavy (non-hydrogen) atoms. The van der Waals surface area contributed by atoms with Gasteiger partial charge in [-0.3, -0.25) is 9.78 Å². The maximum absolute atomic E-state index is 13.0. The smallest absolute Gasteiger partial charge is 0.253 e. The van der Waals surface area contributed by atoms with Gasteiger partial charge in [0, 0.05) is 12.4 Å². The van der Waals surface area contributed by atoms with Gasteiger partial charge in [0.05, 0.1) is 11.1 Å². The summed E-state index contributed by atoms with van der Waals surface area (Å²) >= 11 is 1.37. The largest absolute Gasteiger partial charge is 0.374 e. The summed E-state index contributed by atoms with van der Waals surface area (Å²) in [5, 5.41) is 16.1. The van der Waals surface area contributed by atoms with Crippen LogP contribution in [0.3, 0.4) is 0 Å². The minimum absolute atomic E-state index is 0.0930. The number of nitrogen functional groups attached to an aromatic ring is 1. The molecule has 1 unspecified atom stereocenters. The van der Waals surface area contributed by atoms with Gasteiger partial charge in [0.25, 0.3) is 5.91 Å². The lowest BCUT2D eigenvalue weighted by molar-refractivity contribution is 0.0865. The summed E-state index contributed by atoms with van der Waals surface area (Å²) in [7, 11) is 0. The molecule has 1 saturated heterocycles. The molecule has 2 aromatic heterocycles. The Morgan fingerprint density at radius 2 is 2.15 bits per heavy atom. The van der Waals surface area contributed by atoms with E-state index in [1.54, 1.807) is 6.20 Å². The molecule has 0 aromatic carbocycles. The Morgan fingerprint density at radius 3 is 2.85 bits per heavy atom. The number of carbonyl (C=O) groups is 1. The fourth-order valence-corrected chi connectivity index (χ4v) is 5.02. The maximum Gasteiger partial charge on any atom is 0.253 e. The minimum Gasteiger partial charge on any atom is -0.374 e. The Hall–Kier alpha value is -2.06. The predicted molar refractivity (Wildman–Crippen MR) is 105 cm³/mol. The van der Waals surface area contributed by atoms with E-state index >= 15 is 0 Å². The van der Waals surface area contributed by atoms with Gasteiger partial charge in [-0.25, -0.2) is 0 Å². The van der Waals surface area contributed by atoms with E-state index in [1.807, 2.05) is 12.3 Å². The normalized spacial score (nSPS) is 21.9. The highest BCUT2D eigenvalue weighted by Crippen LogP contribution is 2.39. The van der Waals surface area contributed by atoms with E-state index in [0.717, 1.165) is 55.8 Å². The summed E-state index contributed by atoms with van der Waals surface area (Å²) in [6, 6.07) is 1.98. The lowest BCUT2D eigenvalue weighted by Gasteiger charge is -2.36. The molecule has 3 heterocycles. The van der Waals surface area contributed by atoms with Crippen molar-refractivity contribution in [3.05, 3.63) is 34.6 Å². The van der Waals surface area contributed by atoms with Crippen LogP contribution in [0.5, 0.6) is 0 Å². The van der Waals surface area contributed by atoms with Gasteiger partial charge in [-0.2, -0.15) is 0 Å². The molecular weight excluding hydrogens is 360 g/mol. The topological polar surface area (TPSA) is 106 Å². The lowest BCUT2D eigenvalue weighted by Crippen LogP contribution is -2.47. The van der Waals surface area contributed by atoms with Crippen molar-refractivity contribution in [2.24, 2.45) is 5.92 Å². The van der Waals surface area contributed by atoms with Crippen LogP contribution in [0.2, 0.25) is 0 Å². The average molecular weight is 387 g/mol. The standard InChI is InChI=1S/C19H26N6OS/c20-18-25-24-17(27-18)19(5-2-1-3-6-19)23-16(26)15-9-14(11-22-12-15)8-13-4-7-21-10-13/h9,11-13,21H,1-8,10H2,(H2,20,25)(H,23,26). The van der Waals surface area contributed by atoms with Gasteiger partial charge < -0.3 is 16.4 Å². The van der Waals surface area contributed by atoms with Crippen molar-refractivity contribution in [3.63, 3.8) is 0 Å². The van der Waals surface area contributed by atoms with Crippen LogP contribution in [-0.4, -0.2) is 34.2 Å². The molecule has 4 rings (SSSR count). The van der Waals surface area contributed by atoms with Crippen LogP contribution >= 0.6 is 11.3 Å². The lowest BCUT2D eigenvalue weighted by atomic mass is 9.82. The van der Waals surface area contributed by atoms with E-state index in [-0.39, 0.29) is 5.91 Å². The number of carbonyl (C=O) groups excluding carboxylic acids is 1. The molecule has 7 nitrogen and oxygen atoms in total. The molecule has 1 amide bonds. The van der Waals surface area contributed by atoms with E-state index < -0.39 is 5.54 Å². The monoisotopic (exact) mass is 386 g/mol. The van der Waals surface area contributed by atoms with Crippen molar-refractivity contribution in [3.8, 4) is 0 Å². The first-order valence-electron chi connectivity index (χ1n) is 9.71. The van der Waals surface area contributed by atoms with Crippen molar-refractivity contribution < 1.29 is 4.79 Å². The SMILES string of the molecule is Nc1nnc(C2(NC(=O)c3cncc(CC4CCNC4)c3)CCCCC2)s1. The molecule has 0 radical (unpaired) electrons. The summed E-state index contributed by atoms with van der Waals surface area (Å²) in [4.78, 5) is 17.4. The molecule has 2 fully saturated rings. The summed E-state index contributed by atoms with van der Waals surface area (Å²) in [6.45, 7) is 2.11. The van der Waals surface area contributed by atoms with Crippen molar-refractivity contribution in [1.82, 2.24) is 25.8 Å². The third-order valence-corrected chi connectivity index (χ3v) is 6.61. The van der Waals surface area contributed by atoms with E-state index in [1.165, 1.54) is 24.2 Å². The maximum atomic E-state index is 13.0. The van der Waals surface area contributed by atoms with Crippen LogP contribution < -0.4 is 16.4 Å². The second kappa shape index (κ2) is 7.90. The van der Waals surface area contributed by atoms with E-state index in [2.05, 4.69) is 25.8 Å². The van der Waals surface area contributed by atoms with E-state index in [9.17, 15) is 4.79 Å². The van der Waals surface area contributed by atoms with Crippen molar-refractivity contribution in [1.29, 1.82) is 0 Å². The highest BCUT2D eigenvalue weighted by atomic mass is 32.1. The minimum atomic E-state index is -0.462. The third kappa shape index (κ3) is 4.11. The number of hydrogen-bond acceptors (Lipinski definition) is 7. The molecule has 4 N–H and O–H groups in total. The van der Waals surface area contributed by atoms with Crippen LogP contribution in [-0.2, 0) is 12.0 Å². The van der Waals surface area contributed by atoms with Crippen LogP contribution in [0, 0.1) is 5.92 Å². The second-order valence-electron chi connectivity index (χ2n) is 7.69. The van der Waals surface area contributed by atoms with Gasteiger partial charge in [-0.05, 0) is 56.3 Å².